The maximum Gasteiger partial charge on any atom is 0.256 e. The van der Waals surface area contributed by atoms with E-state index >= 15 is 0 Å². The molecule has 1 aliphatic rings. The number of nitrogens with one attached hydrogen (secondary N) is 1. The molecule has 6 heteroatoms. The van der Waals surface area contributed by atoms with E-state index in [0.717, 1.165) is 5.69 Å². The Balaban J connectivity index is 2.25. The molecule has 86 valence electrons. The fourth-order valence-corrected chi connectivity index (χ4v) is 1.65. The third-order valence-electron chi connectivity index (χ3n) is 2.49. The van der Waals surface area contributed by atoms with Crippen LogP contribution in [0.15, 0.2) is 4.79 Å². The second-order valence-electron chi connectivity index (χ2n) is 3.71. The van der Waals surface area contributed by atoms with Gasteiger partial charge < -0.3 is 15.5 Å². The molecule has 16 heavy (non-hydrogen) atoms. The van der Waals surface area contributed by atoms with Crippen LogP contribution in [0, 0.1) is 0 Å². The van der Waals surface area contributed by atoms with Crippen LogP contribution in [0.25, 0.3) is 0 Å². The van der Waals surface area contributed by atoms with Crippen molar-refractivity contribution in [2.45, 2.75) is 25.9 Å². The normalized spacial score (nSPS) is 14.5. The van der Waals surface area contributed by atoms with Gasteiger partial charge >= 0.3 is 0 Å². The Labute approximate surface area is 91.8 Å². The van der Waals surface area contributed by atoms with Crippen molar-refractivity contribution in [3.8, 4) is 0 Å². The summed E-state index contributed by atoms with van der Waals surface area (Å²) < 4.78 is 5.18. The van der Waals surface area contributed by atoms with E-state index in [1.807, 2.05) is 0 Å². The maximum atomic E-state index is 11.6. The highest BCUT2D eigenvalue weighted by molar-refractivity contribution is 5.73. The highest BCUT2D eigenvalue weighted by Gasteiger charge is 2.15. The van der Waals surface area contributed by atoms with Gasteiger partial charge in [-0.15, -0.1) is 0 Å². The second kappa shape index (κ2) is 4.44. The van der Waals surface area contributed by atoms with Crippen LogP contribution in [0.5, 0.6) is 0 Å². The zero-order valence-corrected chi connectivity index (χ0v) is 8.78. The molecule has 0 spiro atoms. The van der Waals surface area contributed by atoms with Crippen molar-refractivity contribution >= 4 is 5.91 Å². The number of carbonyl (C=O) groups excluding carboxylic acids is 1. The lowest BCUT2D eigenvalue weighted by Crippen LogP contribution is -2.26. The number of hydrogen-bond acceptors (Lipinski definition) is 4. The summed E-state index contributed by atoms with van der Waals surface area (Å²) in [5.41, 5.74) is 6.23. The predicted octanol–water partition coefficient (Wildman–Crippen LogP) is -0.739. The summed E-state index contributed by atoms with van der Waals surface area (Å²) in [5.74, 6) is 0.119. The van der Waals surface area contributed by atoms with E-state index in [2.05, 4.69) is 9.97 Å². The molecule has 2 rings (SSSR count). The van der Waals surface area contributed by atoms with E-state index in [4.69, 9.17) is 10.5 Å². The summed E-state index contributed by atoms with van der Waals surface area (Å²) in [6.45, 7) is 0.895. The topological polar surface area (TPSA) is 98.1 Å². The van der Waals surface area contributed by atoms with Crippen LogP contribution in [0.3, 0.4) is 0 Å². The quantitative estimate of drug-likeness (QED) is 0.705. The van der Waals surface area contributed by atoms with Gasteiger partial charge in [-0.05, 0) is 0 Å². The Bertz CT molecular complexity index is 467. The summed E-state index contributed by atoms with van der Waals surface area (Å²) >= 11 is 0. The van der Waals surface area contributed by atoms with Gasteiger partial charge in [0.1, 0.15) is 5.82 Å². The Hall–Kier alpha value is -1.69. The molecule has 0 fully saturated rings. The molecule has 0 aromatic carbocycles. The molecule has 0 radical (unpaired) electrons. The van der Waals surface area contributed by atoms with Gasteiger partial charge in [0.05, 0.1) is 24.5 Å². The summed E-state index contributed by atoms with van der Waals surface area (Å²) in [7, 11) is 0. The van der Waals surface area contributed by atoms with E-state index in [0.29, 0.717) is 37.4 Å². The van der Waals surface area contributed by atoms with Crippen LogP contribution in [-0.4, -0.2) is 22.5 Å². The van der Waals surface area contributed by atoms with E-state index in [9.17, 15) is 9.59 Å². The minimum absolute atomic E-state index is 0.177. The van der Waals surface area contributed by atoms with Crippen molar-refractivity contribution in [3.05, 3.63) is 27.4 Å². The summed E-state index contributed by atoms with van der Waals surface area (Å²) in [6.07, 6.45) is 1.21. The molecule has 3 N–H and O–H groups in total. The van der Waals surface area contributed by atoms with E-state index in [1.165, 1.54) is 0 Å². The highest BCUT2D eigenvalue weighted by atomic mass is 16.5. The molecule has 1 aromatic rings. The number of carbonyl (C=O) groups is 1. The van der Waals surface area contributed by atoms with Crippen LogP contribution in [-0.2, 0) is 29.0 Å². The van der Waals surface area contributed by atoms with Gasteiger partial charge in [-0.2, -0.15) is 0 Å². The van der Waals surface area contributed by atoms with Gasteiger partial charge in [0.2, 0.25) is 5.91 Å². The number of nitrogens with two attached hydrogens (primary N) is 1. The van der Waals surface area contributed by atoms with Crippen molar-refractivity contribution < 1.29 is 9.53 Å². The monoisotopic (exact) mass is 223 g/mol. The third kappa shape index (κ3) is 2.27. The number of nitrogens with zero attached hydrogens (tertiary/aromatic N) is 1. The van der Waals surface area contributed by atoms with E-state index in [1.54, 1.807) is 0 Å². The number of aromatic nitrogens is 2. The first-order valence-corrected chi connectivity index (χ1v) is 5.14. The molecular formula is C10H13N3O3. The molecule has 6 nitrogen and oxygen atoms in total. The Kier molecular flexibility index (Phi) is 3.00. The second-order valence-corrected chi connectivity index (χ2v) is 3.71. The van der Waals surface area contributed by atoms with Crippen LogP contribution >= 0.6 is 0 Å². The fraction of sp³-hybridized carbons (Fsp3) is 0.500. The molecule has 0 unspecified atom stereocenters. The minimum Gasteiger partial charge on any atom is -0.376 e. The SMILES string of the molecule is NC(=O)CCc1nc2c(c(=O)[nH]1)COCC2. The Morgan fingerprint density at radius 3 is 3.12 bits per heavy atom. The van der Waals surface area contributed by atoms with Gasteiger partial charge in [0.15, 0.2) is 0 Å². The lowest BCUT2D eigenvalue weighted by molar-refractivity contribution is -0.118. The average molecular weight is 223 g/mol. The predicted molar refractivity (Wildman–Crippen MR) is 55.7 cm³/mol. The number of H-pyrrole nitrogens is 1. The first kappa shape index (κ1) is 10.8. The van der Waals surface area contributed by atoms with Gasteiger partial charge in [0, 0.05) is 19.3 Å². The van der Waals surface area contributed by atoms with Crippen molar-refractivity contribution in [1.29, 1.82) is 0 Å². The van der Waals surface area contributed by atoms with E-state index in [-0.39, 0.29) is 12.0 Å². The summed E-state index contributed by atoms with van der Waals surface area (Å²) in [4.78, 5) is 29.2. The van der Waals surface area contributed by atoms with Crippen LogP contribution in [0.1, 0.15) is 23.5 Å². The molecule has 0 atom stereocenters. The summed E-state index contributed by atoms with van der Waals surface area (Å²) in [5, 5.41) is 0. The third-order valence-corrected chi connectivity index (χ3v) is 2.49. The Morgan fingerprint density at radius 1 is 1.56 bits per heavy atom. The molecular weight excluding hydrogens is 210 g/mol. The summed E-state index contributed by atoms with van der Waals surface area (Å²) in [6, 6.07) is 0. The van der Waals surface area contributed by atoms with Crippen molar-refractivity contribution in [1.82, 2.24) is 9.97 Å². The lowest BCUT2D eigenvalue weighted by atomic mass is 10.1. The van der Waals surface area contributed by atoms with E-state index < -0.39 is 5.91 Å². The van der Waals surface area contributed by atoms with Gasteiger partial charge in [-0.1, -0.05) is 0 Å². The first-order chi connectivity index (χ1) is 7.66. The zero-order valence-electron chi connectivity index (χ0n) is 8.78. The molecule has 1 aliphatic heterocycles. The number of rotatable bonds is 3. The number of amides is 1. The fourth-order valence-electron chi connectivity index (χ4n) is 1.65. The smallest absolute Gasteiger partial charge is 0.256 e. The number of fused-ring (bicyclic) bond motifs is 1. The largest absolute Gasteiger partial charge is 0.376 e. The number of hydrogen-bond donors (Lipinski definition) is 2. The molecule has 0 saturated heterocycles. The average Bonchev–Trinajstić information content (AvgIpc) is 2.26. The lowest BCUT2D eigenvalue weighted by Gasteiger charge is -2.15. The molecule has 0 aliphatic carbocycles. The number of aryl methyl sites for hydroxylation is 1. The van der Waals surface area contributed by atoms with Crippen LogP contribution in [0.4, 0.5) is 0 Å². The highest BCUT2D eigenvalue weighted by Crippen LogP contribution is 2.10. The van der Waals surface area contributed by atoms with Crippen molar-refractivity contribution in [3.63, 3.8) is 0 Å². The van der Waals surface area contributed by atoms with Crippen molar-refractivity contribution in [2.24, 2.45) is 5.73 Å². The standard InChI is InChI=1S/C10H13N3O3/c11-8(14)1-2-9-12-7-3-4-16-5-6(7)10(15)13-9/h1-5H2,(H2,11,14)(H,12,13,15). The number of ether oxygens (including phenoxy) is 1. The number of aromatic amines is 1. The molecule has 0 saturated carbocycles. The van der Waals surface area contributed by atoms with Crippen LogP contribution < -0.4 is 11.3 Å². The molecule has 1 aromatic heterocycles. The molecule has 1 amide bonds. The number of primary amides is 1. The molecule has 2 heterocycles. The molecule has 0 bridgehead atoms. The maximum absolute atomic E-state index is 11.6. The minimum atomic E-state index is -0.399. The van der Waals surface area contributed by atoms with Gasteiger partial charge in [-0.3, -0.25) is 9.59 Å². The van der Waals surface area contributed by atoms with Crippen LogP contribution in [0.2, 0.25) is 0 Å². The van der Waals surface area contributed by atoms with Gasteiger partial charge in [-0.25, -0.2) is 4.98 Å². The first-order valence-electron chi connectivity index (χ1n) is 5.14. The Morgan fingerprint density at radius 2 is 2.38 bits per heavy atom. The van der Waals surface area contributed by atoms with Crippen molar-refractivity contribution in [2.75, 3.05) is 6.61 Å². The zero-order chi connectivity index (χ0) is 11.5. The van der Waals surface area contributed by atoms with Gasteiger partial charge in [0.25, 0.3) is 5.56 Å².